The highest BCUT2D eigenvalue weighted by atomic mass is 35.5. The molecule has 3 heterocycles. The number of amides is 2. The summed E-state index contributed by atoms with van der Waals surface area (Å²) in [6, 6.07) is 10.8. The van der Waals surface area contributed by atoms with Crippen LogP contribution >= 0.6 is 11.6 Å². The van der Waals surface area contributed by atoms with Crippen molar-refractivity contribution in [3.63, 3.8) is 0 Å². The minimum absolute atomic E-state index is 0.00159. The first-order valence-electron chi connectivity index (χ1n) is 11.1. The first-order valence-corrected chi connectivity index (χ1v) is 11.5. The van der Waals surface area contributed by atoms with Crippen molar-refractivity contribution in [2.75, 3.05) is 25.0 Å². The average Bonchev–Trinajstić information content (AvgIpc) is 3.31. The summed E-state index contributed by atoms with van der Waals surface area (Å²) in [6.45, 7) is 1.94. The number of hydrogen-bond donors (Lipinski definition) is 2. The number of carbonyl (C=O) groups excluding carboxylic acids is 2. The van der Waals surface area contributed by atoms with Crippen LogP contribution in [-0.4, -0.2) is 53.7 Å². The predicted octanol–water partition coefficient (Wildman–Crippen LogP) is 3.65. The summed E-state index contributed by atoms with van der Waals surface area (Å²) in [6.07, 6.45) is 8.03. The first kappa shape index (κ1) is 23.2. The summed E-state index contributed by atoms with van der Waals surface area (Å²) in [5.74, 6) is 0.365. The molecule has 2 aromatic rings. The Kier molecular flexibility index (Phi) is 7.93. The summed E-state index contributed by atoms with van der Waals surface area (Å²) < 4.78 is 5.40. The third-order valence-corrected chi connectivity index (χ3v) is 5.81. The fraction of sp³-hybridized carbons (Fsp3) is 0.375. The number of anilines is 1. The number of aromatic nitrogens is 1. The second-order valence-corrected chi connectivity index (χ2v) is 8.51. The largest absolute Gasteiger partial charge is 0.365 e. The van der Waals surface area contributed by atoms with E-state index in [2.05, 4.69) is 15.8 Å². The average molecular weight is 471 g/mol. The highest BCUT2D eigenvalue weighted by molar-refractivity contribution is 6.30. The highest BCUT2D eigenvalue weighted by Crippen LogP contribution is 2.19. The van der Waals surface area contributed by atoms with E-state index in [4.69, 9.17) is 21.2 Å². The first-order chi connectivity index (χ1) is 16.1. The normalized spacial score (nSPS) is 20.7. The summed E-state index contributed by atoms with van der Waals surface area (Å²) in [4.78, 5) is 36.1. The Bertz CT molecular complexity index is 975. The molecule has 1 unspecified atom stereocenters. The van der Waals surface area contributed by atoms with Crippen molar-refractivity contribution in [1.29, 1.82) is 0 Å². The number of hydrogen-bond acceptors (Lipinski definition) is 6. The lowest BCUT2D eigenvalue weighted by atomic mass is 10.2. The van der Waals surface area contributed by atoms with Gasteiger partial charge in [-0.05, 0) is 67.3 Å². The fourth-order valence-electron chi connectivity index (χ4n) is 3.77. The van der Waals surface area contributed by atoms with Gasteiger partial charge >= 0.3 is 0 Å². The zero-order valence-electron chi connectivity index (χ0n) is 18.2. The molecule has 0 radical (unpaired) electrons. The maximum Gasteiger partial charge on any atom is 0.267 e. The van der Waals surface area contributed by atoms with E-state index in [-0.39, 0.29) is 24.1 Å². The third kappa shape index (κ3) is 6.77. The van der Waals surface area contributed by atoms with Gasteiger partial charge in [0.15, 0.2) is 6.29 Å². The number of rotatable bonds is 7. The summed E-state index contributed by atoms with van der Waals surface area (Å²) in [7, 11) is 0. The van der Waals surface area contributed by atoms with Gasteiger partial charge in [0.05, 0.1) is 0 Å². The smallest absolute Gasteiger partial charge is 0.267 e. The van der Waals surface area contributed by atoms with Crippen LogP contribution in [0.5, 0.6) is 0 Å². The van der Waals surface area contributed by atoms with Gasteiger partial charge in [-0.25, -0.2) is 15.3 Å². The molecule has 2 N–H and O–H groups in total. The van der Waals surface area contributed by atoms with Gasteiger partial charge in [-0.2, -0.15) is 0 Å². The molecule has 2 aliphatic heterocycles. The number of nitrogens with one attached hydrogen (secondary N) is 2. The molecule has 33 heavy (non-hydrogen) atoms. The van der Waals surface area contributed by atoms with E-state index in [1.54, 1.807) is 36.5 Å². The van der Waals surface area contributed by atoms with E-state index < -0.39 is 0 Å². The number of nitrogens with zero attached hydrogens (tertiary/aromatic N) is 2. The van der Waals surface area contributed by atoms with Crippen LogP contribution in [0.2, 0.25) is 5.02 Å². The van der Waals surface area contributed by atoms with E-state index in [9.17, 15) is 9.59 Å². The van der Waals surface area contributed by atoms with Gasteiger partial charge in [0.1, 0.15) is 5.82 Å². The summed E-state index contributed by atoms with van der Waals surface area (Å²) >= 11 is 5.90. The number of carbonyl (C=O) groups is 2. The van der Waals surface area contributed by atoms with Crippen LogP contribution in [0.4, 0.5) is 5.82 Å². The number of ether oxygens (including phenoxy) is 1. The van der Waals surface area contributed by atoms with Crippen LogP contribution in [0.25, 0.3) is 6.08 Å². The molecule has 2 amide bonds. The molecule has 9 heteroatoms. The molecule has 2 aliphatic rings. The van der Waals surface area contributed by atoms with Crippen molar-refractivity contribution in [2.45, 2.75) is 38.0 Å². The molecule has 4 rings (SSSR count). The van der Waals surface area contributed by atoms with Gasteiger partial charge in [0.25, 0.3) is 11.8 Å². The molecule has 2 fully saturated rings. The molecular formula is C24H27ClN4O4. The molecule has 174 valence electrons. The number of likely N-dealkylation sites (tertiary alicyclic amines) is 1. The Labute approximate surface area is 197 Å². The van der Waals surface area contributed by atoms with Gasteiger partial charge in [0.2, 0.25) is 0 Å². The van der Waals surface area contributed by atoms with E-state index in [0.29, 0.717) is 30.3 Å². The van der Waals surface area contributed by atoms with Crippen molar-refractivity contribution in [3.8, 4) is 0 Å². The second-order valence-electron chi connectivity index (χ2n) is 8.08. The molecule has 8 nitrogen and oxygen atoms in total. The van der Waals surface area contributed by atoms with Crippen molar-refractivity contribution >= 4 is 35.3 Å². The standard InChI is InChI=1S/C24H27ClN4O4/c25-19-8-6-18(7-9-19)24(31)29-13-12-20(16-29)27-21-10-4-17(15-26-21)5-11-22(30)28-33-23-3-1-2-14-32-23/h4-11,15,20,23H,1-3,12-14,16H2,(H,26,27)(H,28,30)/t20-,23?/m0/s1. The number of hydroxylamine groups is 1. The number of pyridine rings is 1. The summed E-state index contributed by atoms with van der Waals surface area (Å²) in [5, 5.41) is 3.98. The second kappa shape index (κ2) is 11.3. The fourth-order valence-corrected chi connectivity index (χ4v) is 3.90. The monoisotopic (exact) mass is 470 g/mol. The SMILES string of the molecule is O=C(C=Cc1ccc(N[C@H]2CCN(C(=O)c3ccc(Cl)cc3)C2)nc1)NOC1CCCCO1. The van der Waals surface area contributed by atoms with E-state index in [1.165, 1.54) is 6.08 Å². The number of halogens is 1. The van der Waals surface area contributed by atoms with Crippen molar-refractivity contribution in [2.24, 2.45) is 0 Å². The molecule has 1 aromatic heterocycles. The molecule has 0 bridgehead atoms. The van der Waals surface area contributed by atoms with Gasteiger partial charge in [-0.1, -0.05) is 11.6 Å². The number of benzene rings is 1. The molecule has 2 saturated heterocycles. The minimum Gasteiger partial charge on any atom is -0.365 e. The van der Waals surface area contributed by atoms with Gasteiger partial charge in [-0.15, -0.1) is 0 Å². The lowest BCUT2D eigenvalue weighted by Crippen LogP contribution is -2.32. The van der Waals surface area contributed by atoms with Gasteiger partial charge in [-0.3, -0.25) is 9.59 Å². The molecule has 0 spiro atoms. The maximum atomic E-state index is 12.6. The molecule has 0 saturated carbocycles. The zero-order valence-corrected chi connectivity index (χ0v) is 19.0. The van der Waals surface area contributed by atoms with Crippen LogP contribution in [-0.2, 0) is 14.4 Å². The quantitative estimate of drug-likeness (QED) is 0.474. The minimum atomic E-state index is -0.379. The van der Waals surface area contributed by atoms with Gasteiger partial charge < -0.3 is 15.0 Å². The van der Waals surface area contributed by atoms with Crippen LogP contribution < -0.4 is 10.8 Å². The van der Waals surface area contributed by atoms with Gasteiger partial charge in [0, 0.05) is 55.0 Å². The van der Waals surface area contributed by atoms with Crippen LogP contribution in [0.1, 0.15) is 41.6 Å². The molecule has 2 atom stereocenters. The zero-order chi connectivity index (χ0) is 23.0. The lowest BCUT2D eigenvalue weighted by molar-refractivity contribution is -0.198. The van der Waals surface area contributed by atoms with Crippen molar-refractivity contribution < 1.29 is 19.2 Å². The molecular weight excluding hydrogens is 444 g/mol. The Morgan fingerprint density at radius 1 is 1.15 bits per heavy atom. The Balaban J connectivity index is 1.22. The Morgan fingerprint density at radius 2 is 2.00 bits per heavy atom. The highest BCUT2D eigenvalue weighted by Gasteiger charge is 2.27. The topological polar surface area (TPSA) is 92.8 Å². The van der Waals surface area contributed by atoms with E-state index >= 15 is 0 Å². The molecule has 0 aliphatic carbocycles. The van der Waals surface area contributed by atoms with Crippen molar-refractivity contribution in [1.82, 2.24) is 15.4 Å². The predicted molar refractivity (Wildman–Crippen MR) is 125 cm³/mol. The van der Waals surface area contributed by atoms with E-state index in [0.717, 1.165) is 37.1 Å². The Hall–Kier alpha value is -2.94. The van der Waals surface area contributed by atoms with Crippen LogP contribution in [0, 0.1) is 0 Å². The lowest BCUT2D eigenvalue weighted by Gasteiger charge is -2.21. The van der Waals surface area contributed by atoms with E-state index in [1.807, 2.05) is 17.0 Å². The maximum absolute atomic E-state index is 12.6. The van der Waals surface area contributed by atoms with Crippen molar-refractivity contribution in [3.05, 3.63) is 64.8 Å². The molecule has 1 aromatic carbocycles. The third-order valence-electron chi connectivity index (χ3n) is 5.56. The van der Waals surface area contributed by atoms with Crippen LogP contribution in [0.3, 0.4) is 0 Å². The van der Waals surface area contributed by atoms with Crippen LogP contribution in [0.15, 0.2) is 48.7 Å². The Morgan fingerprint density at radius 3 is 2.73 bits per heavy atom. The summed E-state index contributed by atoms with van der Waals surface area (Å²) in [5.41, 5.74) is 3.81.